The Bertz CT molecular complexity index is 1580. The number of para-hydroxylation sites is 2. The molecule has 0 aliphatic rings. The second kappa shape index (κ2) is 12.4. The molecule has 0 atom stereocenters. The molecule has 5 N–H and O–H groups in total. The number of nitrogens with one attached hydrogen (secondary N) is 4. The summed E-state index contributed by atoms with van der Waals surface area (Å²) in [6.45, 7) is 0.0176. The molecule has 4 rings (SSSR count). The quantitative estimate of drug-likeness (QED) is 0.184. The summed E-state index contributed by atoms with van der Waals surface area (Å²) in [6.07, 6.45) is 0. The van der Waals surface area contributed by atoms with E-state index in [9.17, 15) is 18.3 Å². The zero-order chi connectivity index (χ0) is 27.3. The van der Waals surface area contributed by atoms with Crippen LogP contribution in [0.25, 0.3) is 11.0 Å². The van der Waals surface area contributed by atoms with Crippen LogP contribution in [0.15, 0.2) is 71.6 Å². The normalized spacial score (nSPS) is 11.1. The van der Waals surface area contributed by atoms with E-state index < -0.39 is 10.0 Å². The highest BCUT2D eigenvalue weighted by atomic mass is 32.2. The summed E-state index contributed by atoms with van der Waals surface area (Å²) in [5.74, 6) is 0.0507. The molecule has 0 radical (unpaired) electrons. The van der Waals surface area contributed by atoms with Gasteiger partial charge in [-0.05, 0) is 30.3 Å². The van der Waals surface area contributed by atoms with Crippen molar-refractivity contribution in [1.29, 1.82) is 0 Å². The number of aromatic nitrogens is 2. The number of nitrogens with zero attached hydrogens (tertiary/aromatic N) is 3. The fourth-order valence-electron chi connectivity index (χ4n) is 3.43. The Kier molecular flexibility index (Phi) is 9.24. The fraction of sp³-hybridized carbons (Fsp3) is 0.192. The van der Waals surface area contributed by atoms with Crippen molar-refractivity contribution in [2.24, 2.45) is 0 Å². The third-order valence-corrected chi connectivity index (χ3v) is 6.51. The highest BCUT2D eigenvalue weighted by Crippen LogP contribution is 2.31. The predicted octanol–water partition coefficient (Wildman–Crippen LogP) is 3.53. The monoisotopic (exact) mass is 553 g/mol. The fourth-order valence-corrected chi connectivity index (χ4v) is 4.49. The van der Waals surface area contributed by atoms with E-state index in [4.69, 9.17) is 4.74 Å². The second-order valence-corrected chi connectivity index (χ2v) is 10.0. The Hall–Kier alpha value is -4.46. The number of methoxy groups -OCH3 is 1. The molecule has 0 spiro atoms. The Morgan fingerprint density at radius 3 is 2.31 bits per heavy atom. The van der Waals surface area contributed by atoms with E-state index in [2.05, 4.69) is 30.7 Å². The first-order valence-corrected chi connectivity index (χ1v) is 12.9. The summed E-state index contributed by atoms with van der Waals surface area (Å²) in [7, 11) is 0.822. The minimum absolute atomic E-state index is 0. The predicted molar refractivity (Wildman–Crippen MR) is 152 cm³/mol. The number of hydrazine groups is 1. The van der Waals surface area contributed by atoms with Crippen LogP contribution in [0.3, 0.4) is 0 Å². The third kappa shape index (κ3) is 7.54. The maximum absolute atomic E-state index is 13.4. The molecule has 0 bridgehead atoms. The average molecular weight is 554 g/mol. The standard InChI is InChI=1S/C25H27N7O5S.CH4/c1-32(2)26-15-23(34)27-16-7-6-8-20(13-16)38(35,36)31-25-24(29-21-9-4-5-10-22(21)30-25)28-17-11-18(33)14-19(12-17)37-3;/h4-14,26,33H,15H2,1-3H3,(H,27,34)(H,28,29)(H,30,31);1H4. The van der Waals surface area contributed by atoms with Gasteiger partial charge in [0.25, 0.3) is 10.0 Å². The average Bonchev–Trinajstić information content (AvgIpc) is 2.87. The van der Waals surface area contributed by atoms with Gasteiger partial charge in [-0.2, -0.15) is 0 Å². The van der Waals surface area contributed by atoms with Crippen molar-refractivity contribution in [1.82, 2.24) is 20.4 Å². The summed E-state index contributed by atoms with van der Waals surface area (Å²) < 4.78 is 34.4. The molecule has 1 heterocycles. The number of benzene rings is 3. The van der Waals surface area contributed by atoms with E-state index in [1.807, 2.05) is 0 Å². The number of amides is 1. The molecule has 0 aliphatic heterocycles. The van der Waals surface area contributed by atoms with Crippen LogP contribution in [0.4, 0.5) is 23.0 Å². The van der Waals surface area contributed by atoms with Gasteiger partial charge >= 0.3 is 0 Å². The Morgan fingerprint density at radius 1 is 0.949 bits per heavy atom. The number of anilines is 4. The smallest absolute Gasteiger partial charge is 0.263 e. The lowest BCUT2D eigenvalue weighted by Crippen LogP contribution is -2.37. The first-order chi connectivity index (χ1) is 18.1. The van der Waals surface area contributed by atoms with E-state index in [0.717, 1.165) is 0 Å². The summed E-state index contributed by atoms with van der Waals surface area (Å²) in [5, 5.41) is 17.3. The molecule has 0 aliphatic carbocycles. The summed E-state index contributed by atoms with van der Waals surface area (Å²) in [6, 6.07) is 17.3. The van der Waals surface area contributed by atoms with Gasteiger partial charge in [-0.1, -0.05) is 25.6 Å². The Morgan fingerprint density at radius 2 is 1.64 bits per heavy atom. The van der Waals surface area contributed by atoms with Gasteiger partial charge in [0.1, 0.15) is 11.5 Å². The van der Waals surface area contributed by atoms with Gasteiger partial charge in [0.2, 0.25) is 5.91 Å². The molecule has 1 amide bonds. The summed E-state index contributed by atoms with van der Waals surface area (Å²) in [5.41, 5.74) is 4.56. The molecule has 12 nitrogen and oxygen atoms in total. The van der Waals surface area contributed by atoms with E-state index in [0.29, 0.717) is 28.2 Å². The van der Waals surface area contributed by atoms with Gasteiger partial charge in [0.15, 0.2) is 11.6 Å². The minimum atomic E-state index is -4.14. The SMILES string of the molecule is C.COc1cc(O)cc(Nc2nc3ccccc3nc2NS(=O)(=O)c2cccc(NC(=O)CNN(C)C)c2)c1. The molecular formula is C26H31N7O5S. The van der Waals surface area contributed by atoms with Crippen LogP contribution in [0.5, 0.6) is 11.5 Å². The van der Waals surface area contributed by atoms with Gasteiger partial charge in [0.05, 0.1) is 29.6 Å². The number of phenols is 1. The van der Waals surface area contributed by atoms with Crippen LogP contribution >= 0.6 is 0 Å². The van der Waals surface area contributed by atoms with E-state index in [-0.39, 0.29) is 42.2 Å². The number of sulfonamides is 1. The first-order valence-electron chi connectivity index (χ1n) is 11.4. The van der Waals surface area contributed by atoms with Crippen molar-refractivity contribution in [2.75, 3.05) is 43.1 Å². The van der Waals surface area contributed by atoms with Crippen molar-refractivity contribution in [3.8, 4) is 11.5 Å². The van der Waals surface area contributed by atoms with Crippen molar-refractivity contribution in [2.45, 2.75) is 12.3 Å². The maximum atomic E-state index is 13.4. The second-order valence-electron chi connectivity index (χ2n) is 8.37. The van der Waals surface area contributed by atoms with Crippen LogP contribution in [0.1, 0.15) is 7.43 Å². The largest absolute Gasteiger partial charge is 0.508 e. The lowest BCUT2D eigenvalue weighted by atomic mass is 10.2. The van der Waals surface area contributed by atoms with Crippen LogP contribution in [-0.4, -0.2) is 62.2 Å². The molecular weight excluding hydrogens is 522 g/mol. The zero-order valence-electron chi connectivity index (χ0n) is 20.9. The van der Waals surface area contributed by atoms with Crippen molar-refractivity contribution in [3.63, 3.8) is 0 Å². The first kappa shape index (κ1) is 29.1. The summed E-state index contributed by atoms with van der Waals surface area (Å²) in [4.78, 5) is 21.1. The van der Waals surface area contributed by atoms with Crippen LogP contribution in [-0.2, 0) is 14.8 Å². The molecule has 206 valence electrons. The number of aromatic hydroxyl groups is 1. The molecule has 0 unspecified atom stereocenters. The Balaban J connectivity index is 0.00000420. The lowest BCUT2D eigenvalue weighted by molar-refractivity contribution is -0.116. The van der Waals surface area contributed by atoms with Crippen molar-refractivity contribution < 1.29 is 23.1 Å². The number of rotatable bonds is 10. The number of carbonyl (C=O) groups is 1. The highest BCUT2D eigenvalue weighted by molar-refractivity contribution is 7.92. The topological polar surface area (TPSA) is 158 Å². The van der Waals surface area contributed by atoms with Gasteiger partial charge in [-0.3, -0.25) is 14.5 Å². The number of phenolic OH excluding ortho intramolecular Hbond substituents is 1. The highest BCUT2D eigenvalue weighted by Gasteiger charge is 2.20. The minimum Gasteiger partial charge on any atom is -0.508 e. The van der Waals surface area contributed by atoms with Gasteiger partial charge in [-0.15, -0.1) is 0 Å². The molecule has 1 aromatic heterocycles. The van der Waals surface area contributed by atoms with Crippen LogP contribution in [0.2, 0.25) is 0 Å². The van der Waals surface area contributed by atoms with Gasteiger partial charge in [0, 0.05) is 43.7 Å². The van der Waals surface area contributed by atoms with E-state index >= 15 is 0 Å². The molecule has 39 heavy (non-hydrogen) atoms. The Labute approximate surface area is 227 Å². The van der Waals surface area contributed by atoms with Crippen LogP contribution < -0.4 is 25.5 Å². The molecule has 0 saturated carbocycles. The number of carbonyl (C=O) groups excluding carboxylic acids is 1. The maximum Gasteiger partial charge on any atom is 0.263 e. The zero-order valence-corrected chi connectivity index (χ0v) is 21.7. The number of fused-ring (bicyclic) bond motifs is 1. The van der Waals surface area contributed by atoms with E-state index in [1.54, 1.807) is 55.5 Å². The van der Waals surface area contributed by atoms with Gasteiger partial charge < -0.3 is 20.5 Å². The third-order valence-electron chi connectivity index (χ3n) is 5.18. The summed E-state index contributed by atoms with van der Waals surface area (Å²) >= 11 is 0. The van der Waals surface area contributed by atoms with Crippen molar-refractivity contribution >= 4 is 50.0 Å². The van der Waals surface area contributed by atoms with Crippen LogP contribution in [0, 0.1) is 0 Å². The van der Waals surface area contributed by atoms with Crippen molar-refractivity contribution in [3.05, 3.63) is 66.7 Å². The molecule has 0 fully saturated rings. The molecule has 0 saturated heterocycles. The number of hydrogen-bond acceptors (Lipinski definition) is 10. The number of ether oxygens (including phenoxy) is 1. The molecule has 13 heteroatoms. The van der Waals surface area contributed by atoms with Gasteiger partial charge in [-0.25, -0.2) is 23.8 Å². The molecule has 3 aromatic carbocycles. The molecule has 4 aromatic rings. The number of hydrogen-bond donors (Lipinski definition) is 5. The van der Waals surface area contributed by atoms with E-state index in [1.165, 1.54) is 37.4 Å². The lowest BCUT2D eigenvalue weighted by Gasteiger charge is -2.15.